The van der Waals surface area contributed by atoms with E-state index in [4.69, 9.17) is 4.74 Å². The first kappa shape index (κ1) is 19.0. The third-order valence-corrected chi connectivity index (χ3v) is 4.85. The molecule has 0 saturated heterocycles. The molecule has 0 aliphatic carbocycles. The van der Waals surface area contributed by atoms with E-state index in [-0.39, 0.29) is 0 Å². The number of nitrogens with one attached hydrogen (secondary N) is 1. The number of benzene rings is 2. The molecule has 2 rings (SSSR count). The Hall–Kier alpha value is -2.38. The zero-order chi connectivity index (χ0) is 18.4. The highest BCUT2D eigenvalue weighted by Crippen LogP contribution is 2.21. The smallest absolute Gasteiger partial charge is 0.247 e. The van der Waals surface area contributed by atoms with Gasteiger partial charge in [0.25, 0.3) is 0 Å². The van der Waals surface area contributed by atoms with Gasteiger partial charge in [-0.25, -0.2) is 8.42 Å². The van der Waals surface area contributed by atoms with Crippen LogP contribution in [0.4, 0.5) is 11.4 Å². The summed E-state index contributed by atoms with van der Waals surface area (Å²) in [4.78, 5) is 12.6. The SMILES string of the molecule is COCc1cccc(NC(=O)[C@H](C)N(c2ccccc2)S(C)(=O)=O)c1. The van der Waals surface area contributed by atoms with Gasteiger partial charge in [-0.05, 0) is 36.8 Å². The van der Waals surface area contributed by atoms with Crippen LogP contribution in [0.25, 0.3) is 0 Å². The molecule has 0 fully saturated rings. The van der Waals surface area contributed by atoms with Gasteiger partial charge in [-0.15, -0.1) is 0 Å². The van der Waals surface area contributed by atoms with Gasteiger partial charge in [-0.3, -0.25) is 9.10 Å². The molecule has 1 amide bonds. The van der Waals surface area contributed by atoms with Crippen LogP contribution in [0.1, 0.15) is 12.5 Å². The van der Waals surface area contributed by atoms with Gasteiger partial charge in [-0.1, -0.05) is 30.3 Å². The predicted molar refractivity (Wildman–Crippen MR) is 99.0 cm³/mol. The van der Waals surface area contributed by atoms with E-state index in [9.17, 15) is 13.2 Å². The van der Waals surface area contributed by atoms with Crippen molar-refractivity contribution >= 4 is 27.3 Å². The number of sulfonamides is 1. The molecule has 0 heterocycles. The molecule has 0 aromatic heterocycles. The second-order valence-electron chi connectivity index (χ2n) is 5.69. The monoisotopic (exact) mass is 362 g/mol. The summed E-state index contributed by atoms with van der Waals surface area (Å²) in [6.07, 6.45) is 1.09. The third-order valence-electron chi connectivity index (χ3n) is 3.60. The molecule has 1 atom stereocenters. The maximum Gasteiger partial charge on any atom is 0.247 e. The van der Waals surface area contributed by atoms with Crippen molar-refractivity contribution in [2.45, 2.75) is 19.6 Å². The van der Waals surface area contributed by atoms with E-state index in [0.717, 1.165) is 16.1 Å². The van der Waals surface area contributed by atoms with Crippen LogP contribution in [0.15, 0.2) is 54.6 Å². The fraction of sp³-hybridized carbons (Fsp3) is 0.278. The molecule has 1 N–H and O–H groups in total. The first-order chi connectivity index (χ1) is 11.8. The van der Waals surface area contributed by atoms with Crippen molar-refractivity contribution in [1.29, 1.82) is 0 Å². The van der Waals surface area contributed by atoms with Crippen LogP contribution in [0, 0.1) is 0 Å². The number of para-hydroxylation sites is 1. The lowest BCUT2D eigenvalue weighted by Gasteiger charge is -2.28. The van der Waals surface area contributed by atoms with Crippen LogP contribution in [0.3, 0.4) is 0 Å². The summed E-state index contributed by atoms with van der Waals surface area (Å²) < 4.78 is 30.6. The third kappa shape index (κ3) is 5.04. The van der Waals surface area contributed by atoms with E-state index in [2.05, 4.69) is 5.32 Å². The Labute approximate surface area is 148 Å². The molecule has 0 aliphatic rings. The molecule has 2 aromatic carbocycles. The Balaban J connectivity index is 2.23. The standard InChI is InChI=1S/C18H22N2O4S/c1-14(20(25(3,22)23)17-10-5-4-6-11-17)18(21)19-16-9-7-8-15(12-16)13-24-2/h4-12,14H,13H2,1-3H3,(H,19,21)/t14-/m0/s1. The van der Waals surface area contributed by atoms with Crippen molar-refractivity contribution < 1.29 is 17.9 Å². The van der Waals surface area contributed by atoms with E-state index in [1.807, 2.05) is 6.07 Å². The fourth-order valence-corrected chi connectivity index (χ4v) is 3.71. The van der Waals surface area contributed by atoms with Gasteiger partial charge in [0.1, 0.15) is 6.04 Å². The zero-order valence-electron chi connectivity index (χ0n) is 14.5. The lowest BCUT2D eigenvalue weighted by atomic mass is 10.2. The number of hydrogen-bond acceptors (Lipinski definition) is 4. The maximum absolute atomic E-state index is 12.6. The van der Waals surface area contributed by atoms with Gasteiger partial charge in [0.15, 0.2) is 0 Å². The first-order valence-electron chi connectivity index (χ1n) is 7.76. The lowest BCUT2D eigenvalue weighted by molar-refractivity contribution is -0.116. The molecule has 7 heteroatoms. The Morgan fingerprint density at radius 1 is 1.16 bits per heavy atom. The van der Waals surface area contributed by atoms with Crippen molar-refractivity contribution in [2.75, 3.05) is 23.0 Å². The second kappa shape index (κ2) is 8.13. The number of rotatable bonds is 7. The molecule has 0 radical (unpaired) electrons. The first-order valence-corrected chi connectivity index (χ1v) is 9.61. The highest BCUT2D eigenvalue weighted by atomic mass is 32.2. The van der Waals surface area contributed by atoms with Crippen molar-refractivity contribution in [3.63, 3.8) is 0 Å². The van der Waals surface area contributed by atoms with Crippen LogP contribution >= 0.6 is 0 Å². The number of amides is 1. The zero-order valence-corrected chi connectivity index (χ0v) is 15.3. The van der Waals surface area contributed by atoms with Crippen molar-refractivity contribution in [1.82, 2.24) is 0 Å². The van der Waals surface area contributed by atoms with Crippen LogP contribution < -0.4 is 9.62 Å². The Bertz CT molecular complexity index is 822. The largest absolute Gasteiger partial charge is 0.380 e. The van der Waals surface area contributed by atoms with Crippen LogP contribution in [0.5, 0.6) is 0 Å². The van der Waals surface area contributed by atoms with Crippen molar-refractivity contribution in [2.24, 2.45) is 0 Å². The van der Waals surface area contributed by atoms with Gasteiger partial charge >= 0.3 is 0 Å². The molecule has 2 aromatic rings. The molecule has 6 nitrogen and oxygen atoms in total. The topological polar surface area (TPSA) is 75.7 Å². The van der Waals surface area contributed by atoms with Gasteiger partial charge in [-0.2, -0.15) is 0 Å². The fourth-order valence-electron chi connectivity index (χ4n) is 2.54. The Morgan fingerprint density at radius 2 is 1.84 bits per heavy atom. The lowest BCUT2D eigenvalue weighted by Crippen LogP contribution is -2.45. The molecule has 0 saturated carbocycles. The molecular formula is C18H22N2O4S. The average molecular weight is 362 g/mol. The quantitative estimate of drug-likeness (QED) is 0.821. The number of nitrogens with zero attached hydrogens (tertiary/aromatic N) is 1. The number of carbonyl (C=O) groups excluding carboxylic acids is 1. The summed E-state index contributed by atoms with van der Waals surface area (Å²) in [6, 6.07) is 14.9. The predicted octanol–water partition coefficient (Wildman–Crippen LogP) is 2.63. The summed E-state index contributed by atoms with van der Waals surface area (Å²) in [5.74, 6) is -0.413. The minimum atomic E-state index is -3.62. The highest BCUT2D eigenvalue weighted by molar-refractivity contribution is 7.92. The Kier molecular flexibility index (Phi) is 6.17. The summed E-state index contributed by atoms with van der Waals surface area (Å²) in [6.45, 7) is 1.99. The number of methoxy groups -OCH3 is 1. The minimum Gasteiger partial charge on any atom is -0.380 e. The summed E-state index contributed by atoms with van der Waals surface area (Å²) >= 11 is 0. The molecule has 134 valence electrons. The summed E-state index contributed by atoms with van der Waals surface area (Å²) in [5.41, 5.74) is 1.95. The normalized spacial score (nSPS) is 12.4. The number of anilines is 2. The molecule has 0 unspecified atom stereocenters. The van der Waals surface area contributed by atoms with E-state index in [0.29, 0.717) is 18.0 Å². The van der Waals surface area contributed by atoms with Gasteiger partial charge < -0.3 is 10.1 Å². The van der Waals surface area contributed by atoms with Crippen molar-refractivity contribution in [3.05, 3.63) is 60.2 Å². The average Bonchev–Trinajstić information content (AvgIpc) is 2.55. The molecule has 0 aliphatic heterocycles. The van der Waals surface area contributed by atoms with Gasteiger partial charge in [0.05, 0.1) is 18.6 Å². The van der Waals surface area contributed by atoms with E-state index in [1.54, 1.807) is 62.6 Å². The molecule has 25 heavy (non-hydrogen) atoms. The second-order valence-corrected chi connectivity index (χ2v) is 7.55. The summed E-state index contributed by atoms with van der Waals surface area (Å²) in [7, 11) is -2.02. The van der Waals surface area contributed by atoms with E-state index >= 15 is 0 Å². The molecular weight excluding hydrogens is 340 g/mol. The van der Waals surface area contributed by atoms with E-state index in [1.165, 1.54) is 0 Å². The highest BCUT2D eigenvalue weighted by Gasteiger charge is 2.29. The number of carbonyl (C=O) groups is 1. The van der Waals surface area contributed by atoms with Gasteiger partial charge in [0, 0.05) is 12.8 Å². The molecule has 0 spiro atoms. The molecule has 0 bridgehead atoms. The number of hydrogen-bond donors (Lipinski definition) is 1. The van der Waals surface area contributed by atoms with Crippen LogP contribution in [0.2, 0.25) is 0 Å². The maximum atomic E-state index is 12.6. The van der Waals surface area contributed by atoms with Crippen molar-refractivity contribution in [3.8, 4) is 0 Å². The van der Waals surface area contributed by atoms with Gasteiger partial charge in [0.2, 0.25) is 15.9 Å². The van der Waals surface area contributed by atoms with E-state index < -0.39 is 22.0 Å². The number of ether oxygens (including phenoxy) is 1. The minimum absolute atomic E-state index is 0.413. The Morgan fingerprint density at radius 3 is 2.44 bits per heavy atom. The van der Waals surface area contributed by atoms with Crippen LogP contribution in [-0.4, -0.2) is 33.7 Å². The summed E-state index contributed by atoms with van der Waals surface area (Å²) in [5, 5.41) is 2.76. The van der Waals surface area contributed by atoms with Crippen LogP contribution in [-0.2, 0) is 26.2 Å².